The summed E-state index contributed by atoms with van der Waals surface area (Å²) in [6.07, 6.45) is 0.563. The molecule has 0 bridgehead atoms. The Bertz CT molecular complexity index is 453. The molecule has 1 heterocycles. The molecule has 2 rings (SSSR count). The fourth-order valence-corrected chi connectivity index (χ4v) is 2.23. The third-order valence-corrected chi connectivity index (χ3v) is 2.95. The number of nitro benzene ring substituents is 1. The van der Waals surface area contributed by atoms with E-state index >= 15 is 0 Å². The summed E-state index contributed by atoms with van der Waals surface area (Å²) >= 11 is 5.83. The maximum atomic E-state index is 10.9. The van der Waals surface area contributed by atoms with Gasteiger partial charge in [-0.3, -0.25) is 10.1 Å². The van der Waals surface area contributed by atoms with Crippen molar-refractivity contribution in [1.29, 1.82) is 0 Å². The maximum absolute atomic E-state index is 10.9. The minimum Gasteiger partial charge on any atom is -0.432 e. The van der Waals surface area contributed by atoms with E-state index in [-0.39, 0.29) is 5.69 Å². The molecule has 0 fully saturated rings. The molecule has 0 unspecified atom stereocenters. The monoisotopic (exact) mass is 240 g/mol. The van der Waals surface area contributed by atoms with Gasteiger partial charge in [-0.05, 0) is 19.3 Å². The first-order valence-electron chi connectivity index (χ1n) is 4.92. The smallest absolute Gasteiger partial charge is 0.409 e. The number of nitro groups is 1. The number of anilines is 1. The van der Waals surface area contributed by atoms with Gasteiger partial charge in [-0.2, -0.15) is 0 Å². The van der Waals surface area contributed by atoms with Crippen LogP contribution < -0.4 is 4.81 Å². The second-order valence-corrected chi connectivity index (χ2v) is 4.19. The Morgan fingerprint density at radius 3 is 2.88 bits per heavy atom. The van der Waals surface area contributed by atoms with Crippen molar-refractivity contribution in [3.8, 4) is 0 Å². The Labute approximate surface area is 97.9 Å². The van der Waals surface area contributed by atoms with Gasteiger partial charge in [0.15, 0.2) is 0 Å². The standard InChI is InChI=1S/C9H10BClN2O3/c1-10(14)12-3-2-7-8(12)4-6(11)5-9(7)13(15)16/h4-5,14H,2-3H2,1H3. The van der Waals surface area contributed by atoms with Crippen molar-refractivity contribution in [2.24, 2.45) is 0 Å². The third kappa shape index (κ3) is 1.74. The van der Waals surface area contributed by atoms with Crippen LogP contribution in [0.25, 0.3) is 0 Å². The van der Waals surface area contributed by atoms with Crippen LogP contribution in [0.5, 0.6) is 0 Å². The highest BCUT2D eigenvalue weighted by atomic mass is 35.5. The molecule has 0 saturated heterocycles. The molecule has 1 aliphatic rings. The van der Waals surface area contributed by atoms with Crippen molar-refractivity contribution >= 4 is 30.0 Å². The van der Waals surface area contributed by atoms with Crippen LogP contribution in [-0.2, 0) is 6.42 Å². The number of nitrogens with zero attached hydrogens (tertiary/aromatic N) is 2. The molecule has 1 aromatic carbocycles. The summed E-state index contributed by atoms with van der Waals surface area (Å²) in [6.45, 7) is 2.20. The van der Waals surface area contributed by atoms with Crippen molar-refractivity contribution in [1.82, 2.24) is 0 Å². The summed E-state index contributed by atoms with van der Waals surface area (Å²) in [5.41, 5.74) is 1.34. The van der Waals surface area contributed by atoms with E-state index in [4.69, 9.17) is 11.6 Å². The first-order chi connectivity index (χ1) is 7.50. The van der Waals surface area contributed by atoms with Crippen LogP contribution in [-0.4, -0.2) is 23.5 Å². The van der Waals surface area contributed by atoms with Gasteiger partial charge in [-0.25, -0.2) is 0 Å². The van der Waals surface area contributed by atoms with Crippen molar-refractivity contribution < 1.29 is 9.95 Å². The summed E-state index contributed by atoms with van der Waals surface area (Å²) in [7, 11) is -0.667. The highest BCUT2D eigenvalue weighted by Gasteiger charge is 2.31. The second-order valence-electron chi connectivity index (χ2n) is 3.75. The Morgan fingerprint density at radius 1 is 1.62 bits per heavy atom. The molecule has 0 spiro atoms. The van der Waals surface area contributed by atoms with Gasteiger partial charge >= 0.3 is 7.05 Å². The normalized spacial score (nSPS) is 13.8. The molecular weight excluding hydrogens is 230 g/mol. The van der Waals surface area contributed by atoms with E-state index in [1.54, 1.807) is 17.7 Å². The van der Waals surface area contributed by atoms with E-state index in [0.29, 0.717) is 29.2 Å². The van der Waals surface area contributed by atoms with Crippen molar-refractivity contribution in [3.05, 3.63) is 32.8 Å². The van der Waals surface area contributed by atoms with Crippen molar-refractivity contribution in [3.63, 3.8) is 0 Å². The molecule has 0 radical (unpaired) electrons. The lowest BCUT2D eigenvalue weighted by Crippen LogP contribution is -2.35. The first-order valence-corrected chi connectivity index (χ1v) is 5.30. The van der Waals surface area contributed by atoms with Gasteiger partial charge in [-0.15, -0.1) is 0 Å². The van der Waals surface area contributed by atoms with Gasteiger partial charge < -0.3 is 9.83 Å². The predicted octanol–water partition coefficient (Wildman–Crippen LogP) is 1.72. The van der Waals surface area contributed by atoms with Gasteiger partial charge in [0.25, 0.3) is 5.69 Å². The number of hydrogen-bond acceptors (Lipinski definition) is 4. The van der Waals surface area contributed by atoms with Gasteiger partial charge in [-0.1, -0.05) is 11.6 Å². The highest BCUT2D eigenvalue weighted by molar-refractivity contribution is 6.54. The minimum absolute atomic E-state index is 0.0330. The summed E-state index contributed by atoms with van der Waals surface area (Å²) < 4.78 is 0. The number of halogens is 1. The summed E-state index contributed by atoms with van der Waals surface area (Å²) in [5.74, 6) is 0. The number of rotatable bonds is 2. The highest BCUT2D eigenvalue weighted by Crippen LogP contribution is 2.37. The lowest BCUT2D eigenvalue weighted by molar-refractivity contribution is -0.385. The number of fused-ring (bicyclic) bond motifs is 1. The van der Waals surface area contributed by atoms with Crippen LogP contribution in [0.1, 0.15) is 5.56 Å². The molecule has 1 aromatic rings. The predicted molar refractivity (Wildman–Crippen MR) is 63.0 cm³/mol. The zero-order valence-corrected chi connectivity index (χ0v) is 9.44. The largest absolute Gasteiger partial charge is 0.432 e. The Kier molecular flexibility index (Phi) is 2.77. The number of benzene rings is 1. The maximum Gasteiger partial charge on any atom is 0.409 e. The van der Waals surface area contributed by atoms with Gasteiger partial charge in [0.05, 0.1) is 10.5 Å². The Balaban J connectivity index is 2.56. The fourth-order valence-electron chi connectivity index (χ4n) is 2.02. The van der Waals surface area contributed by atoms with Crippen molar-refractivity contribution in [2.75, 3.05) is 11.4 Å². The molecule has 0 aliphatic carbocycles. The molecule has 0 amide bonds. The van der Waals surface area contributed by atoms with Gasteiger partial charge in [0.1, 0.15) is 0 Å². The molecule has 0 aromatic heterocycles. The van der Waals surface area contributed by atoms with E-state index < -0.39 is 12.0 Å². The molecule has 5 nitrogen and oxygen atoms in total. The van der Waals surface area contributed by atoms with Gasteiger partial charge in [0, 0.05) is 23.3 Å². The van der Waals surface area contributed by atoms with Crippen LogP contribution in [0.2, 0.25) is 11.8 Å². The molecule has 0 saturated carbocycles. The van der Waals surface area contributed by atoms with Crippen molar-refractivity contribution in [2.45, 2.75) is 13.2 Å². The molecule has 16 heavy (non-hydrogen) atoms. The molecule has 1 N–H and O–H groups in total. The van der Waals surface area contributed by atoms with Crippen LogP contribution in [0, 0.1) is 10.1 Å². The average molecular weight is 240 g/mol. The zero-order chi connectivity index (χ0) is 11.9. The molecule has 1 aliphatic heterocycles. The lowest BCUT2D eigenvalue weighted by Gasteiger charge is -2.19. The Morgan fingerprint density at radius 2 is 2.31 bits per heavy atom. The van der Waals surface area contributed by atoms with E-state index in [2.05, 4.69) is 0 Å². The summed E-state index contributed by atoms with van der Waals surface area (Å²) in [4.78, 5) is 12.1. The van der Waals surface area contributed by atoms with E-state index in [0.717, 1.165) is 0 Å². The third-order valence-electron chi connectivity index (χ3n) is 2.73. The van der Waals surface area contributed by atoms with E-state index in [1.807, 2.05) is 0 Å². The second kappa shape index (κ2) is 3.95. The molecule has 84 valence electrons. The van der Waals surface area contributed by atoms with E-state index in [9.17, 15) is 15.1 Å². The average Bonchev–Trinajstić information content (AvgIpc) is 2.59. The van der Waals surface area contributed by atoms with Crippen LogP contribution in [0.4, 0.5) is 11.4 Å². The minimum atomic E-state index is -0.667. The summed E-state index contributed by atoms with van der Waals surface area (Å²) in [5, 5.41) is 20.7. The quantitative estimate of drug-likeness (QED) is 0.485. The first kappa shape index (κ1) is 11.2. The Hall–Kier alpha value is -1.27. The molecule has 0 atom stereocenters. The summed E-state index contributed by atoms with van der Waals surface area (Å²) in [6, 6.07) is 3.01. The van der Waals surface area contributed by atoms with E-state index in [1.165, 1.54) is 6.07 Å². The van der Waals surface area contributed by atoms with Crippen LogP contribution in [0.3, 0.4) is 0 Å². The topological polar surface area (TPSA) is 66.6 Å². The SMILES string of the molecule is CB(O)N1CCc2c1cc(Cl)cc2[N+](=O)[O-]. The van der Waals surface area contributed by atoms with Gasteiger partial charge in [0.2, 0.25) is 0 Å². The van der Waals surface area contributed by atoms with Crippen LogP contribution >= 0.6 is 11.6 Å². The molecule has 7 heteroatoms. The molecular formula is C9H10BClN2O3. The fraction of sp³-hybridized carbons (Fsp3) is 0.333. The lowest BCUT2D eigenvalue weighted by atomic mass is 9.85. The van der Waals surface area contributed by atoms with Crippen LogP contribution in [0.15, 0.2) is 12.1 Å². The zero-order valence-electron chi connectivity index (χ0n) is 8.68. The number of hydrogen-bond donors (Lipinski definition) is 1.